The highest BCUT2D eigenvalue weighted by Crippen LogP contribution is 2.26. The highest BCUT2D eigenvalue weighted by molar-refractivity contribution is 9.10. The minimum Gasteiger partial charge on any atom is -0.297 e. The van der Waals surface area contributed by atoms with E-state index in [9.17, 15) is 0 Å². The molecule has 1 aromatic carbocycles. The van der Waals surface area contributed by atoms with Crippen LogP contribution in [-0.2, 0) is 6.42 Å². The maximum atomic E-state index is 5.86. The Morgan fingerprint density at radius 1 is 1.20 bits per heavy atom. The van der Waals surface area contributed by atoms with E-state index in [1.165, 1.54) is 37.9 Å². The lowest BCUT2D eigenvalue weighted by Crippen LogP contribution is -2.61. The Balaban J connectivity index is 2.07. The van der Waals surface area contributed by atoms with Crippen LogP contribution in [0.3, 0.4) is 0 Å². The Kier molecular flexibility index (Phi) is 5.61. The SMILES string of the molecule is CC(C)(C(Cc1ccc(Br)cc1)NN)N1CCCCC1. The maximum Gasteiger partial charge on any atom is 0.0429 e. The van der Waals surface area contributed by atoms with Gasteiger partial charge in [0.1, 0.15) is 0 Å². The predicted molar refractivity (Wildman–Crippen MR) is 88.5 cm³/mol. The summed E-state index contributed by atoms with van der Waals surface area (Å²) < 4.78 is 1.12. The number of likely N-dealkylation sites (tertiary alicyclic amines) is 1. The van der Waals surface area contributed by atoms with Gasteiger partial charge in [-0.3, -0.25) is 16.2 Å². The molecule has 4 heteroatoms. The van der Waals surface area contributed by atoms with Crippen molar-refractivity contribution in [1.29, 1.82) is 0 Å². The molecule has 1 unspecified atom stereocenters. The second-order valence-electron chi connectivity index (χ2n) is 6.25. The number of nitrogens with zero attached hydrogens (tertiary/aromatic N) is 1. The molecule has 0 bridgehead atoms. The summed E-state index contributed by atoms with van der Waals surface area (Å²) in [7, 11) is 0. The van der Waals surface area contributed by atoms with E-state index in [1.807, 2.05) is 0 Å². The van der Waals surface area contributed by atoms with E-state index in [1.54, 1.807) is 0 Å². The number of nitrogens with two attached hydrogens (primary N) is 1. The van der Waals surface area contributed by atoms with Crippen molar-refractivity contribution in [3.05, 3.63) is 34.3 Å². The molecule has 1 heterocycles. The molecular weight excluding hydrogens is 314 g/mol. The van der Waals surface area contributed by atoms with E-state index in [0.717, 1.165) is 10.9 Å². The summed E-state index contributed by atoms with van der Waals surface area (Å²) in [5, 5.41) is 0. The quantitative estimate of drug-likeness (QED) is 0.639. The summed E-state index contributed by atoms with van der Waals surface area (Å²) in [5.74, 6) is 5.86. The first-order valence-corrected chi connectivity index (χ1v) is 8.29. The van der Waals surface area contributed by atoms with Crippen molar-refractivity contribution in [1.82, 2.24) is 10.3 Å². The van der Waals surface area contributed by atoms with Crippen LogP contribution >= 0.6 is 15.9 Å². The van der Waals surface area contributed by atoms with Crippen molar-refractivity contribution in [3.63, 3.8) is 0 Å². The Hall–Kier alpha value is -0.420. The van der Waals surface area contributed by atoms with Crippen molar-refractivity contribution in [2.45, 2.75) is 51.1 Å². The third-order valence-electron chi connectivity index (χ3n) is 4.58. The van der Waals surface area contributed by atoms with Crippen molar-refractivity contribution < 1.29 is 0 Å². The van der Waals surface area contributed by atoms with Gasteiger partial charge in [-0.2, -0.15) is 0 Å². The normalized spacial score (nSPS) is 19.0. The molecule has 112 valence electrons. The van der Waals surface area contributed by atoms with Crippen LogP contribution in [0.15, 0.2) is 28.7 Å². The Labute approximate surface area is 131 Å². The predicted octanol–water partition coefficient (Wildman–Crippen LogP) is 3.09. The zero-order valence-electron chi connectivity index (χ0n) is 12.5. The van der Waals surface area contributed by atoms with Gasteiger partial charge in [0.15, 0.2) is 0 Å². The van der Waals surface area contributed by atoms with Gasteiger partial charge in [0.05, 0.1) is 0 Å². The fourth-order valence-corrected chi connectivity index (χ4v) is 3.32. The maximum absolute atomic E-state index is 5.86. The molecule has 1 atom stereocenters. The van der Waals surface area contributed by atoms with Crippen molar-refractivity contribution in [2.24, 2.45) is 5.84 Å². The van der Waals surface area contributed by atoms with Gasteiger partial charge in [-0.05, 0) is 63.9 Å². The fraction of sp³-hybridized carbons (Fsp3) is 0.625. The van der Waals surface area contributed by atoms with E-state index in [-0.39, 0.29) is 11.6 Å². The van der Waals surface area contributed by atoms with Crippen molar-refractivity contribution in [3.8, 4) is 0 Å². The zero-order valence-corrected chi connectivity index (χ0v) is 14.1. The lowest BCUT2D eigenvalue weighted by Gasteiger charge is -2.45. The minimum atomic E-state index is 0.0717. The Morgan fingerprint density at radius 2 is 1.80 bits per heavy atom. The zero-order chi connectivity index (χ0) is 14.6. The summed E-state index contributed by atoms with van der Waals surface area (Å²) in [6.45, 7) is 6.99. The first kappa shape index (κ1) is 16.0. The topological polar surface area (TPSA) is 41.3 Å². The van der Waals surface area contributed by atoms with E-state index in [2.05, 4.69) is 64.4 Å². The highest BCUT2D eigenvalue weighted by Gasteiger charge is 2.35. The van der Waals surface area contributed by atoms with Gasteiger partial charge in [-0.15, -0.1) is 0 Å². The largest absolute Gasteiger partial charge is 0.297 e. The Morgan fingerprint density at radius 3 is 2.35 bits per heavy atom. The van der Waals surface area contributed by atoms with Gasteiger partial charge >= 0.3 is 0 Å². The van der Waals surface area contributed by atoms with Gasteiger partial charge in [0.25, 0.3) is 0 Å². The monoisotopic (exact) mass is 339 g/mol. The second-order valence-corrected chi connectivity index (χ2v) is 7.17. The molecule has 2 rings (SSSR count). The van der Waals surface area contributed by atoms with Gasteiger partial charge < -0.3 is 0 Å². The fourth-order valence-electron chi connectivity index (χ4n) is 3.06. The van der Waals surface area contributed by atoms with Gasteiger partial charge in [0.2, 0.25) is 0 Å². The molecule has 0 spiro atoms. The average Bonchev–Trinajstić information content (AvgIpc) is 2.47. The molecule has 0 radical (unpaired) electrons. The van der Waals surface area contributed by atoms with Gasteiger partial charge in [-0.25, -0.2) is 0 Å². The van der Waals surface area contributed by atoms with Gasteiger partial charge in [-0.1, -0.05) is 34.5 Å². The molecular formula is C16H26BrN3. The number of halogens is 1. The molecule has 0 amide bonds. The molecule has 0 saturated carbocycles. The first-order valence-electron chi connectivity index (χ1n) is 7.49. The van der Waals surface area contributed by atoms with Crippen LogP contribution < -0.4 is 11.3 Å². The van der Waals surface area contributed by atoms with Crippen LogP contribution in [0, 0.1) is 0 Å². The summed E-state index contributed by atoms with van der Waals surface area (Å²) in [6.07, 6.45) is 4.92. The van der Waals surface area contributed by atoms with E-state index in [0.29, 0.717) is 0 Å². The number of hydrogen-bond donors (Lipinski definition) is 2. The number of benzene rings is 1. The number of nitrogens with one attached hydrogen (secondary N) is 1. The van der Waals surface area contributed by atoms with Crippen LogP contribution in [0.4, 0.5) is 0 Å². The minimum absolute atomic E-state index is 0.0717. The number of rotatable bonds is 5. The lowest BCUT2D eigenvalue weighted by atomic mass is 9.86. The number of hydrazine groups is 1. The third kappa shape index (κ3) is 3.82. The van der Waals surface area contributed by atoms with Crippen LogP contribution in [0.2, 0.25) is 0 Å². The summed E-state index contributed by atoms with van der Waals surface area (Å²) >= 11 is 3.48. The molecule has 3 nitrogen and oxygen atoms in total. The molecule has 1 aliphatic rings. The summed E-state index contributed by atoms with van der Waals surface area (Å²) in [5.41, 5.74) is 4.44. The second kappa shape index (κ2) is 7.03. The van der Waals surface area contributed by atoms with Crippen LogP contribution in [0.1, 0.15) is 38.7 Å². The van der Waals surface area contributed by atoms with Gasteiger partial charge in [0, 0.05) is 16.1 Å². The third-order valence-corrected chi connectivity index (χ3v) is 5.11. The smallest absolute Gasteiger partial charge is 0.0429 e. The average molecular weight is 340 g/mol. The molecule has 1 aromatic rings. The van der Waals surface area contributed by atoms with Crippen LogP contribution in [-0.4, -0.2) is 29.6 Å². The number of piperidine rings is 1. The molecule has 20 heavy (non-hydrogen) atoms. The molecule has 0 aromatic heterocycles. The lowest BCUT2D eigenvalue weighted by molar-refractivity contribution is 0.0611. The Bertz CT molecular complexity index is 410. The van der Waals surface area contributed by atoms with E-state index >= 15 is 0 Å². The van der Waals surface area contributed by atoms with Crippen LogP contribution in [0.5, 0.6) is 0 Å². The number of hydrogen-bond acceptors (Lipinski definition) is 3. The standard InChI is InChI=1S/C16H26BrN3/c1-16(2,20-10-4-3-5-11-20)15(19-18)12-13-6-8-14(17)9-7-13/h6-9,15,19H,3-5,10-12,18H2,1-2H3. The van der Waals surface area contributed by atoms with Crippen molar-refractivity contribution in [2.75, 3.05) is 13.1 Å². The molecule has 1 fully saturated rings. The summed E-state index contributed by atoms with van der Waals surface area (Å²) in [4.78, 5) is 2.58. The molecule has 1 saturated heterocycles. The highest BCUT2D eigenvalue weighted by atomic mass is 79.9. The van der Waals surface area contributed by atoms with E-state index in [4.69, 9.17) is 5.84 Å². The molecule has 1 aliphatic heterocycles. The van der Waals surface area contributed by atoms with E-state index < -0.39 is 0 Å². The first-order chi connectivity index (χ1) is 9.54. The van der Waals surface area contributed by atoms with Crippen molar-refractivity contribution >= 4 is 15.9 Å². The molecule has 3 N–H and O–H groups in total. The van der Waals surface area contributed by atoms with Crippen LogP contribution in [0.25, 0.3) is 0 Å². The molecule has 0 aliphatic carbocycles. The summed E-state index contributed by atoms with van der Waals surface area (Å²) in [6, 6.07) is 8.77.